The number of methoxy groups -OCH3 is 1. The molecule has 1 aromatic carbocycles. The Hall–Kier alpha value is -3.87. The van der Waals surface area contributed by atoms with Crippen LogP contribution in [0.25, 0.3) is 6.08 Å². The van der Waals surface area contributed by atoms with Crippen molar-refractivity contribution in [3.8, 4) is 5.75 Å². The first-order valence-electron chi connectivity index (χ1n) is 8.78. The summed E-state index contributed by atoms with van der Waals surface area (Å²) in [5.74, 6) is -0.185. The number of aromatic nitrogens is 1. The van der Waals surface area contributed by atoms with Crippen LogP contribution in [-0.4, -0.2) is 24.0 Å². The van der Waals surface area contributed by atoms with Gasteiger partial charge in [-0.25, -0.2) is 9.59 Å². The summed E-state index contributed by atoms with van der Waals surface area (Å²) in [6.45, 7) is 0.212. The zero-order chi connectivity index (χ0) is 20.5. The molecule has 0 atom stereocenters. The lowest BCUT2D eigenvalue weighted by Crippen LogP contribution is -2.06. The maximum Gasteiger partial charge on any atom is 0.341 e. The molecule has 7 heteroatoms. The van der Waals surface area contributed by atoms with E-state index in [-0.39, 0.29) is 17.9 Å². The van der Waals surface area contributed by atoms with Crippen molar-refractivity contribution in [2.75, 3.05) is 7.11 Å². The van der Waals surface area contributed by atoms with Crippen LogP contribution in [0.15, 0.2) is 71.5 Å². The summed E-state index contributed by atoms with van der Waals surface area (Å²) in [6, 6.07) is 14.3. The maximum atomic E-state index is 11.9. The molecule has 0 aliphatic heterocycles. The molecule has 0 radical (unpaired) electrons. The van der Waals surface area contributed by atoms with E-state index in [9.17, 15) is 9.59 Å². The van der Waals surface area contributed by atoms with Crippen LogP contribution in [0.4, 0.5) is 0 Å². The van der Waals surface area contributed by atoms with Gasteiger partial charge in [0.2, 0.25) is 0 Å². The minimum atomic E-state index is -0.562. The predicted octanol–water partition coefficient (Wildman–Crippen LogP) is 3.80. The quantitative estimate of drug-likeness (QED) is 0.425. The van der Waals surface area contributed by atoms with Crippen molar-refractivity contribution in [1.29, 1.82) is 0 Å². The molecule has 0 amide bonds. The van der Waals surface area contributed by atoms with Gasteiger partial charge in [0, 0.05) is 12.3 Å². The summed E-state index contributed by atoms with van der Waals surface area (Å²) in [5.41, 5.74) is 1.87. The molecule has 0 N–H and O–H groups in total. The molecule has 0 aliphatic carbocycles. The van der Waals surface area contributed by atoms with Crippen molar-refractivity contribution in [1.82, 2.24) is 4.98 Å². The Balaban J connectivity index is 1.49. The number of benzene rings is 1. The Labute approximate surface area is 167 Å². The van der Waals surface area contributed by atoms with Crippen molar-refractivity contribution < 1.29 is 28.2 Å². The average molecular weight is 393 g/mol. The van der Waals surface area contributed by atoms with Gasteiger partial charge in [-0.05, 0) is 42.0 Å². The van der Waals surface area contributed by atoms with Crippen LogP contribution in [-0.2, 0) is 27.5 Å². The highest BCUT2D eigenvalue weighted by Crippen LogP contribution is 2.15. The Kier molecular flexibility index (Phi) is 6.78. The van der Waals surface area contributed by atoms with Gasteiger partial charge in [-0.2, -0.15) is 0 Å². The number of carbonyl (C=O) groups is 2. The van der Waals surface area contributed by atoms with E-state index in [4.69, 9.17) is 13.9 Å². The first-order chi connectivity index (χ1) is 14.2. The Morgan fingerprint density at radius 2 is 1.90 bits per heavy atom. The smallest absolute Gasteiger partial charge is 0.341 e. The van der Waals surface area contributed by atoms with Gasteiger partial charge in [-0.15, -0.1) is 0 Å². The van der Waals surface area contributed by atoms with E-state index in [1.807, 2.05) is 30.3 Å². The average Bonchev–Trinajstić information content (AvgIpc) is 3.24. The maximum absolute atomic E-state index is 11.9. The van der Waals surface area contributed by atoms with E-state index in [0.29, 0.717) is 12.4 Å². The molecular weight excluding hydrogens is 374 g/mol. The van der Waals surface area contributed by atoms with E-state index in [1.54, 1.807) is 24.4 Å². The Morgan fingerprint density at radius 1 is 1.07 bits per heavy atom. The second-order valence-electron chi connectivity index (χ2n) is 5.87. The fraction of sp³-hybridized carbons (Fsp3) is 0.136. The fourth-order valence-electron chi connectivity index (χ4n) is 2.41. The van der Waals surface area contributed by atoms with Crippen LogP contribution in [0.3, 0.4) is 0 Å². The molecule has 2 heterocycles. The third-order valence-electron chi connectivity index (χ3n) is 3.90. The van der Waals surface area contributed by atoms with Crippen molar-refractivity contribution in [3.05, 3.63) is 89.6 Å². The molecule has 0 unspecified atom stereocenters. The molecular formula is C22H19NO6. The van der Waals surface area contributed by atoms with Crippen molar-refractivity contribution in [2.24, 2.45) is 0 Å². The van der Waals surface area contributed by atoms with E-state index in [1.165, 1.54) is 25.5 Å². The van der Waals surface area contributed by atoms with Crippen LogP contribution in [0.2, 0.25) is 0 Å². The van der Waals surface area contributed by atoms with Gasteiger partial charge in [0.15, 0.2) is 12.4 Å². The van der Waals surface area contributed by atoms with E-state index >= 15 is 0 Å². The van der Waals surface area contributed by atoms with Crippen LogP contribution in [0.1, 0.15) is 27.4 Å². The molecule has 7 nitrogen and oxygen atoms in total. The summed E-state index contributed by atoms with van der Waals surface area (Å²) >= 11 is 0. The first kappa shape index (κ1) is 19.9. The van der Waals surface area contributed by atoms with Gasteiger partial charge in [0.1, 0.15) is 17.9 Å². The van der Waals surface area contributed by atoms with E-state index in [0.717, 1.165) is 11.3 Å². The number of furan rings is 1. The standard InChI is InChI=1S/C22H19NO6/c1-26-22(25)19-11-13-27-20(19)15-29-21(24)10-7-16-5-8-18(9-6-16)28-14-17-4-2-3-12-23-17/h2-13H,14-15H2,1H3/b10-7+. The number of esters is 2. The van der Waals surface area contributed by atoms with Crippen LogP contribution in [0.5, 0.6) is 5.75 Å². The fourth-order valence-corrected chi connectivity index (χ4v) is 2.41. The molecule has 0 fully saturated rings. The van der Waals surface area contributed by atoms with E-state index in [2.05, 4.69) is 9.72 Å². The van der Waals surface area contributed by atoms with Crippen LogP contribution in [0, 0.1) is 0 Å². The van der Waals surface area contributed by atoms with Crippen LogP contribution < -0.4 is 4.74 Å². The highest BCUT2D eigenvalue weighted by atomic mass is 16.5. The molecule has 3 aromatic rings. The van der Waals surface area contributed by atoms with Crippen LogP contribution >= 0.6 is 0 Å². The summed E-state index contributed by atoms with van der Waals surface area (Å²) in [4.78, 5) is 27.6. The van der Waals surface area contributed by atoms with Gasteiger partial charge >= 0.3 is 11.9 Å². The third kappa shape index (κ3) is 5.80. The van der Waals surface area contributed by atoms with Crippen molar-refractivity contribution >= 4 is 18.0 Å². The lowest BCUT2D eigenvalue weighted by atomic mass is 10.2. The summed E-state index contributed by atoms with van der Waals surface area (Å²) < 4.78 is 20.5. The zero-order valence-corrected chi connectivity index (χ0v) is 15.7. The number of hydrogen-bond donors (Lipinski definition) is 0. The molecule has 148 valence electrons. The summed E-state index contributed by atoms with van der Waals surface area (Å²) in [5, 5.41) is 0. The Bertz CT molecular complexity index is 976. The number of rotatable bonds is 8. The van der Waals surface area contributed by atoms with Gasteiger partial charge in [0.25, 0.3) is 0 Å². The largest absolute Gasteiger partial charge is 0.487 e. The summed E-state index contributed by atoms with van der Waals surface area (Å²) in [6.07, 6.45) is 5.97. The van der Waals surface area contributed by atoms with Crippen molar-refractivity contribution in [2.45, 2.75) is 13.2 Å². The lowest BCUT2D eigenvalue weighted by Gasteiger charge is -2.05. The Morgan fingerprint density at radius 3 is 2.62 bits per heavy atom. The molecule has 0 saturated carbocycles. The number of hydrogen-bond acceptors (Lipinski definition) is 7. The van der Waals surface area contributed by atoms with Gasteiger partial charge in [0.05, 0.1) is 19.1 Å². The minimum absolute atomic E-state index is 0.166. The summed E-state index contributed by atoms with van der Waals surface area (Å²) in [7, 11) is 1.27. The first-order valence-corrected chi connectivity index (χ1v) is 8.78. The van der Waals surface area contributed by atoms with Gasteiger partial charge in [-0.1, -0.05) is 18.2 Å². The molecule has 3 rings (SSSR count). The normalized spacial score (nSPS) is 10.7. The van der Waals surface area contributed by atoms with E-state index < -0.39 is 11.9 Å². The molecule has 0 aliphatic rings. The molecule has 0 spiro atoms. The second-order valence-corrected chi connectivity index (χ2v) is 5.87. The highest BCUT2D eigenvalue weighted by Gasteiger charge is 2.16. The molecule has 2 aromatic heterocycles. The minimum Gasteiger partial charge on any atom is -0.487 e. The predicted molar refractivity (Wildman–Crippen MR) is 104 cm³/mol. The van der Waals surface area contributed by atoms with Gasteiger partial charge < -0.3 is 18.6 Å². The number of ether oxygens (including phenoxy) is 3. The molecule has 0 saturated heterocycles. The topological polar surface area (TPSA) is 87.9 Å². The lowest BCUT2D eigenvalue weighted by molar-refractivity contribution is -0.139. The van der Waals surface area contributed by atoms with Gasteiger partial charge in [-0.3, -0.25) is 4.98 Å². The number of pyridine rings is 1. The third-order valence-corrected chi connectivity index (χ3v) is 3.90. The second kappa shape index (κ2) is 9.89. The number of nitrogens with zero attached hydrogens (tertiary/aromatic N) is 1. The molecule has 0 bridgehead atoms. The van der Waals surface area contributed by atoms with Crippen molar-refractivity contribution in [3.63, 3.8) is 0 Å². The monoisotopic (exact) mass is 393 g/mol. The molecule has 29 heavy (non-hydrogen) atoms. The number of carbonyl (C=O) groups excluding carboxylic acids is 2. The highest BCUT2D eigenvalue weighted by molar-refractivity contribution is 5.90. The zero-order valence-electron chi connectivity index (χ0n) is 15.7. The SMILES string of the molecule is COC(=O)c1ccoc1COC(=O)/C=C/c1ccc(OCc2ccccn2)cc1.